The van der Waals surface area contributed by atoms with Gasteiger partial charge in [-0.3, -0.25) is 9.88 Å². The molecular weight excluding hydrogens is 330 g/mol. The third-order valence-electron chi connectivity index (χ3n) is 4.80. The lowest BCUT2D eigenvalue weighted by molar-refractivity contribution is 0.00493. The third-order valence-corrected chi connectivity index (χ3v) is 5.27. The van der Waals surface area contributed by atoms with Crippen molar-refractivity contribution in [1.29, 1.82) is 5.26 Å². The van der Waals surface area contributed by atoms with Gasteiger partial charge in [-0.25, -0.2) is 0 Å². The van der Waals surface area contributed by atoms with Gasteiger partial charge in [0.1, 0.15) is 0 Å². The maximum Gasteiger partial charge on any atom is 0.0994 e. The van der Waals surface area contributed by atoms with Gasteiger partial charge in [-0.1, -0.05) is 0 Å². The number of pyridine rings is 1. The van der Waals surface area contributed by atoms with Gasteiger partial charge in [-0.2, -0.15) is 5.26 Å². The van der Waals surface area contributed by atoms with Gasteiger partial charge in [0.15, 0.2) is 0 Å². The van der Waals surface area contributed by atoms with E-state index < -0.39 is 5.41 Å². The monoisotopic (exact) mass is 349 g/mol. The Morgan fingerprint density at radius 1 is 1.29 bits per heavy atom. The SMILES string of the molecule is N#C[C@]1(c2ccc(Br)cn2)CC[C@H](N2CCOCC2)CC1. The first-order valence-electron chi connectivity index (χ1n) is 7.59. The molecule has 2 fully saturated rings. The minimum atomic E-state index is -0.399. The van der Waals surface area contributed by atoms with Crippen molar-refractivity contribution < 1.29 is 4.74 Å². The van der Waals surface area contributed by atoms with Gasteiger partial charge in [0.05, 0.1) is 30.4 Å². The van der Waals surface area contributed by atoms with Crippen molar-refractivity contribution in [3.05, 3.63) is 28.5 Å². The lowest BCUT2D eigenvalue weighted by Gasteiger charge is -2.41. The molecule has 5 heteroatoms. The lowest BCUT2D eigenvalue weighted by Crippen LogP contribution is -2.47. The fourth-order valence-electron chi connectivity index (χ4n) is 3.49. The Labute approximate surface area is 134 Å². The first kappa shape index (κ1) is 15.0. The van der Waals surface area contributed by atoms with E-state index in [0.717, 1.165) is 62.2 Å². The molecule has 0 atom stereocenters. The van der Waals surface area contributed by atoms with Gasteiger partial charge < -0.3 is 4.74 Å². The quantitative estimate of drug-likeness (QED) is 0.823. The second kappa shape index (κ2) is 6.43. The van der Waals surface area contributed by atoms with Crippen LogP contribution in [0.2, 0.25) is 0 Å². The molecule has 4 nitrogen and oxygen atoms in total. The summed E-state index contributed by atoms with van der Waals surface area (Å²) in [5.41, 5.74) is 0.525. The summed E-state index contributed by atoms with van der Waals surface area (Å²) >= 11 is 3.41. The summed E-state index contributed by atoms with van der Waals surface area (Å²) in [6.07, 6.45) is 5.75. The van der Waals surface area contributed by atoms with E-state index in [1.54, 1.807) is 6.20 Å². The van der Waals surface area contributed by atoms with Crippen LogP contribution in [-0.2, 0) is 10.2 Å². The molecule has 1 saturated carbocycles. The third kappa shape index (κ3) is 3.13. The van der Waals surface area contributed by atoms with Crippen LogP contribution in [0.1, 0.15) is 31.4 Å². The van der Waals surface area contributed by atoms with Crippen molar-refractivity contribution in [2.24, 2.45) is 0 Å². The molecule has 0 unspecified atom stereocenters. The van der Waals surface area contributed by atoms with Gasteiger partial charge in [0, 0.05) is 29.8 Å². The molecule has 1 aliphatic carbocycles. The normalized spacial score (nSPS) is 30.8. The summed E-state index contributed by atoms with van der Waals surface area (Å²) in [5.74, 6) is 0. The number of hydrogen-bond donors (Lipinski definition) is 0. The van der Waals surface area contributed by atoms with Crippen LogP contribution in [-0.4, -0.2) is 42.2 Å². The molecule has 21 heavy (non-hydrogen) atoms. The van der Waals surface area contributed by atoms with Gasteiger partial charge in [0.2, 0.25) is 0 Å². The molecule has 1 aromatic rings. The largest absolute Gasteiger partial charge is 0.379 e. The first-order chi connectivity index (χ1) is 10.2. The average Bonchev–Trinajstić information content (AvgIpc) is 2.56. The molecule has 2 heterocycles. The van der Waals surface area contributed by atoms with E-state index in [-0.39, 0.29) is 0 Å². The van der Waals surface area contributed by atoms with E-state index >= 15 is 0 Å². The van der Waals surface area contributed by atoms with Crippen LogP contribution in [0.5, 0.6) is 0 Å². The second-order valence-corrected chi connectivity index (χ2v) is 6.85. The van der Waals surface area contributed by atoms with E-state index in [4.69, 9.17) is 4.74 Å². The van der Waals surface area contributed by atoms with Gasteiger partial charge >= 0.3 is 0 Å². The van der Waals surface area contributed by atoms with Crippen LogP contribution in [0.15, 0.2) is 22.8 Å². The zero-order valence-electron chi connectivity index (χ0n) is 12.1. The highest BCUT2D eigenvalue weighted by Crippen LogP contribution is 2.39. The summed E-state index contributed by atoms with van der Waals surface area (Å²) in [6.45, 7) is 3.74. The summed E-state index contributed by atoms with van der Waals surface area (Å²) in [4.78, 5) is 7.01. The fraction of sp³-hybridized carbons (Fsp3) is 0.625. The topological polar surface area (TPSA) is 49.2 Å². The van der Waals surface area contributed by atoms with Crippen molar-refractivity contribution in [2.45, 2.75) is 37.1 Å². The minimum absolute atomic E-state index is 0.399. The van der Waals surface area contributed by atoms with E-state index in [0.29, 0.717) is 6.04 Å². The molecular formula is C16H20BrN3O. The molecule has 0 N–H and O–H groups in total. The van der Waals surface area contributed by atoms with Crippen molar-refractivity contribution in [2.75, 3.05) is 26.3 Å². The zero-order valence-corrected chi connectivity index (χ0v) is 13.7. The number of halogens is 1. The van der Waals surface area contributed by atoms with Gasteiger partial charge in [-0.15, -0.1) is 0 Å². The van der Waals surface area contributed by atoms with Crippen LogP contribution in [0.25, 0.3) is 0 Å². The Hall–Kier alpha value is -0.960. The maximum atomic E-state index is 9.73. The number of nitriles is 1. The molecule has 1 saturated heterocycles. The van der Waals surface area contributed by atoms with E-state index in [1.807, 2.05) is 12.1 Å². The molecule has 2 aliphatic rings. The van der Waals surface area contributed by atoms with Crippen LogP contribution < -0.4 is 0 Å². The molecule has 0 aromatic carbocycles. The number of rotatable bonds is 2. The molecule has 0 radical (unpaired) electrons. The Kier molecular flexibility index (Phi) is 4.58. The predicted molar refractivity (Wildman–Crippen MR) is 83.9 cm³/mol. The number of aromatic nitrogens is 1. The van der Waals surface area contributed by atoms with Crippen LogP contribution in [0.3, 0.4) is 0 Å². The molecule has 3 rings (SSSR count). The molecule has 0 bridgehead atoms. The Morgan fingerprint density at radius 3 is 2.57 bits per heavy atom. The van der Waals surface area contributed by atoms with Crippen LogP contribution >= 0.6 is 15.9 Å². The molecule has 1 aromatic heterocycles. The Morgan fingerprint density at radius 2 is 2.00 bits per heavy atom. The standard InChI is InChI=1S/C16H20BrN3O/c17-13-1-2-15(19-11-13)16(12-18)5-3-14(4-6-16)20-7-9-21-10-8-20/h1-2,11,14H,3-10H2/t14-,16-. The highest BCUT2D eigenvalue weighted by molar-refractivity contribution is 9.10. The highest BCUT2D eigenvalue weighted by atomic mass is 79.9. The summed E-state index contributed by atoms with van der Waals surface area (Å²) in [7, 11) is 0. The smallest absolute Gasteiger partial charge is 0.0994 e. The Bertz CT molecular complexity index is 511. The van der Waals surface area contributed by atoms with Crippen molar-refractivity contribution in [3.63, 3.8) is 0 Å². The van der Waals surface area contributed by atoms with Crippen molar-refractivity contribution in [3.8, 4) is 6.07 Å². The fourth-order valence-corrected chi connectivity index (χ4v) is 3.72. The summed E-state index contributed by atoms with van der Waals surface area (Å²) in [5, 5.41) is 9.73. The number of morpholine rings is 1. The molecule has 1 aliphatic heterocycles. The van der Waals surface area contributed by atoms with Crippen LogP contribution in [0, 0.1) is 11.3 Å². The molecule has 0 spiro atoms. The zero-order chi connectivity index (χ0) is 14.7. The number of hydrogen-bond acceptors (Lipinski definition) is 4. The number of ether oxygens (including phenoxy) is 1. The van der Waals surface area contributed by atoms with Gasteiger partial charge in [-0.05, 0) is 53.7 Å². The predicted octanol–water partition coefficient (Wildman–Crippen LogP) is 2.88. The maximum absolute atomic E-state index is 9.73. The molecule has 0 amide bonds. The van der Waals surface area contributed by atoms with Crippen molar-refractivity contribution in [1.82, 2.24) is 9.88 Å². The van der Waals surface area contributed by atoms with Gasteiger partial charge in [0.25, 0.3) is 0 Å². The van der Waals surface area contributed by atoms with E-state index in [2.05, 4.69) is 31.9 Å². The van der Waals surface area contributed by atoms with E-state index in [9.17, 15) is 5.26 Å². The number of nitrogens with zero attached hydrogens (tertiary/aromatic N) is 3. The van der Waals surface area contributed by atoms with E-state index in [1.165, 1.54) is 0 Å². The lowest BCUT2D eigenvalue weighted by atomic mass is 9.71. The second-order valence-electron chi connectivity index (χ2n) is 5.94. The minimum Gasteiger partial charge on any atom is -0.379 e. The molecule has 112 valence electrons. The van der Waals surface area contributed by atoms with Crippen molar-refractivity contribution >= 4 is 15.9 Å². The average molecular weight is 350 g/mol. The van der Waals surface area contributed by atoms with Crippen LogP contribution in [0.4, 0.5) is 0 Å². The summed E-state index contributed by atoms with van der Waals surface area (Å²) < 4.78 is 6.38. The first-order valence-corrected chi connectivity index (χ1v) is 8.38. The highest BCUT2D eigenvalue weighted by Gasteiger charge is 2.39. The summed E-state index contributed by atoms with van der Waals surface area (Å²) in [6, 6.07) is 7.13. The Balaban J connectivity index is 1.69.